The average Bonchev–Trinajstić information content (AvgIpc) is 2.59. The third-order valence-electron chi connectivity index (χ3n) is 3.85. The van der Waals surface area contributed by atoms with Gasteiger partial charge >= 0.3 is 0 Å². The highest BCUT2D eigenvalue weighted by Gasteiger charge is 2.13. The smallest absolute Gasteiger partial charge is 0.253 e. The van der Waals surface area contributed by atoms with Gasteiger partial charge in [0.15, 0.2) is 0 Å². The monoisotopic (exact) mass is 375 g/mol. The Labute approximate surface area is 160 Å². The van der Waals surface area contributed by atoms with E-state index in [1.165, 1.54) is 5.56 Å². The van der Waals surface area contributed by atoms with Gasteiger partial charge in [-0.3, -0.25) is 9.59 Å². The molecule has 0 radical (unpaired) electrons. The van der Waals surface area contributed by atoms with Crippen LogP contribution in [0.1, 0.15) is 41.3 Å². The lowest BCUT2D eigenvalue weighted by molar-refractivity contribution is -0.116. The molecule has 0 aliphatic carbocycles. The number of amides is 2. The summed E-state index contributed by atoms with van der Waals surface area (Å²) in [5.74, 6) is -0.361. The molecule has 0 saturated carbocycles. The topological polar surface area (TPSA) is 84.2 Å². The van der Waals surface area contributed by atoms with Crippen LogP contribution < -0.4 is 16.4 Å². The minimum absolute atomic E-state index is 0. The molecule has 6 heteroatoms. The molecule has 1 unspecified atom stereocenters. The summed E-state index contributed by atoms with van der Waals surface area (Å²) < 4.78 is 0. The van der Waals surface area contributed by atoms with E-state index >= 15 is 0 Å². The standard InChI is InChI=1S/C20H25N3O2.ClH/c1-14-7-10-16(11-8-14)13-22-20(25)17-5-3-4-6-18(17)23-19(24)12-9-15(2)21;/h3-8,10-11,15H,9,12-13,21H2,1-2H3,(H,22,25)(H,23,24);1H. The van der Waals surface area contributed by atoms with E-state index in [0.717, 1.165) is 5.56 Å². The van der Waals surface area contributed by atoms with Crippen LogP contribution in [0.15, 0.2) is 48.5 Å². The van der Waals surface area contributed by atoms with Crippen molar-refractivity contribution < 1.29 is 9.59 Å². The first-order valence-corrected chi connectivity index (χ1v) is 8.44. The predicted molar refractivity (Wildman–Crippen MR) is 108 cm³/mol. The van der Waals surface area contributed by atoms with Crippen molar-refractivity contribution in [3.8, 4) is 0 Å². The largest absolute Gasteiger partial charge is 0.348 e. The van der Waals surface area contributed by atoms with Gasteiger partial charge in [-0.2, -0.15) is 0 Å². The summed E-state index contributed by atoms with van der Waals surface area (Å²) in [6, 6.07) is 14.9. The Balaban J connectivity index is 0.00000338. The molecule has 0 aliphatic heterocycles. The van der Waals surface area contributed by atoms with Crippen molar-refractivity contribution in [3.05, 3.63) is 65.2 Å². The van der Waals surface area contributed by atoms with Crippen molar-refractivity contribution in [1.29, 1.82) is 0 Å². The summed E-state index contributed by atoms with van der Waals surface area (Å²) in [6.07, 6.45) is 0.935. The van der Waals surface area contributed by atoms with Crippen LogP contribution in [0.5, 0.6) is 0 Å². The minimum Gasteiger partial charge on any atom is -0.348 e. The molecule has 1 atom stereocenters. The molecule has 0 bridgehead atoms. The van der Waals surface area contributed by atoms with Gasteiger partial charge in [0.05, 0.1) is 11.3 Å². The van der Waals surface area contributed by atoms with Crippen LogP contribution in [-0.2, 0) is 11.3 Å². The fourth-order valence-electron chi connectivity index (χ4n) is 2.35. The third-order valence-corrected chi connectivity index (χ3v) is 3.85. The van der Waals surface area contributed by atoms with Crippen LogP contribution in [0.2, 0.25) is 0 Å². The van der Waals surface area contributed by atoms with Crippen LogP contribution in [0.3, 0.4) is 0 Å². The number of nitrogens with one attached hydrogen (secondary N) is 2. The second-order valence-corrected chi connectivity index (χ2v) is 6.28. The van der Waals surface area contributed by atoms with E-state index in [-0.39, 0.29) is 30.3 Å². The van der Waals surface area contributed by atoms with Crippen molar-refractivity contribution in [2.75, 3.05) is 5.32 Å². The van der Waals surface area contributed by atoms with Gasteiger partial charge in [-0.25, -0.2) is 0 Å². The number of benzene rings is 2. The number of carbonyl (C=O) groups excluding carboxylic acids is 2. The number of anilines is 1. The van der Waals surface area contributed by atoms with Crippen molar-refractivity contribution in [3.63, 3.8) is 0 Å². The molecule has 2 amide bonds. The first-order chi connectivity index (χ1) is 12.0. The van der Waals surface area contributed by atoms with Gasteiger partial charge in [0.1, 0.15) is 0 Å². The molecule has 0 heterocycles. The van der Waals surface area contributed by atoms with Crippen LogP contribution in [0.25, 0.3) is 0 Å². The Morgan fingerprint density at radius 2 is 1.73 bits per heavy atom. The summed E-state index contributed by atoms with van der Waals surface area (Å²) >= 11 is 0. The van der Waals surface area contributed by atoms with Crippen molar-refractivity contribution in [1.82, 2.24) is 5.32 Å². The maximum absolute atomic E-state index is 12.5. The molecular formula is C20H26ClN3O2. The number of hydrogen-bond donors (Lipinski definition) is 3. The van der Waals surface area contributed by atoms with E-state index in [0.29, 0.717) is 30.6 Å². The summed E-state index contributed by atoms with van der Waals surface area (Å²) in [5.41, 5.74) is 8.83. The molecule has 0 saturated heterocycles. The van der Waals surface area contributed by atoms with E-state index in [1.54, 1.807) is 24.3 Å². The highest BCUT2D eigenvalue weighted by atomic mass is 35.5. The molecule has 0 aliphatic rings. The van der Waals surface area contributed by atoms with E-state index in [9.17, 15) is 9.59 Å². The second-order valence-electron chi connectivity index (χ2n) is 6.28. The zero-order valence-electron chi connectivity index (χ0n) is 15.1. The maximum Gasteiger partial charge on any atom is 0.253 e. The Kier molecular flexibility index (Phi) is 8.82. The molecule has 2 aromatic carbocycles. The fourth-order valence-corrected chi connectivity index (χ4v) is 2.35. The Morgan fingerprint density at radius 3 is 2.38 bits per heavy atom. The molecule has 4 N–H and O–H groups in total. The van der Waals surface area contributed by atoms with Crippen LogP contribution in [0, 0.1) is 6.92 Å². The van der Waals surface area contributed by atoms with E-state index in [4.69, 9.17) is 5.73 Å². The summed E-state index contributed by atoms with van der Waals surface area (Å²) in [7, 11) is 0. The number of para-hydroxylation sites is 1. The predicted octanol–water partition coefficient (Wildman–Crippen LogP) is 3.41. The zero-order valence-corrected chi connectivity index (χ0v) is 15.9. The molecule has 0 spiro atoms. The lowest BCUT2D eigenvalue weighted by Crippen LogP contribution is -2.25. The number of hydrogen-bond acceptors (Lipinski definition) is 3. The van der Waals surface area contributed by atoms with E-state index < -0.39 is 0 Å². The third kappa shape index (κ3) is 6.86. The number of nitrogens with two attached hydrogens (primary N) is 1. The normalized spacial score (nSPS) is 11.2. The fraction of sp³-hybridized carbons (Fsp3) is 0.300. The van der Waals surface area contributed by atoms with Crippen LogP contribution in [-0.4, -0.2) is 17.9 Å². The molecule has 26 heavy (non-hydrogen) atoms. The molecule has 5 nitrogen and oxygen atoms in total. The molecular weight excluding hydrogens is 350 g/mol. The zero-order chi connectivity index (χ0) is 18.2. The quantitative estimate of drug-likeness (QED) is 0.693. The van der Waals surface area contributed by atoms with Crippen molar-refractivity contribution in [2.24, 2.45) is 5.73 Å². The van der Waals surface area contributed by atoms with Gasteiger partial charge in [-0.15, -0.1) is 12.4 Å². The molecule has 2 rings (SSSR count). The van der Waals surface area contributed by atoms with Gasteiger partial charge in [-0.1, -0.05) is 42.0 Å². The highest BCUT2D eigenvalue weighted by molar-refractivity contribution is 6.03. The number of rotatable bonds is 7. The van der Waals surface area contributed by atoms with E-state index in [2.05, 4.69) is 10.6 Å². The summed E-state index contributed by atoms with van der Waals surface area (Å²) in [4.78, 5) is 24.5. The summed E-state index contributed by atoms with van der Waals surface area (Å²) in [6.45, 7) is 4.32. The van der Waals surface area contributed by atoms with Crippen molar-refractivity contribution >= 4 is 29.9 Å². The molecule has 2 aromatic rings. The number of halogens is 1. The first-order valence-electron chi connectivity index (χ1n) is 8.44. The second kappa shape index (κ2) is 10.6. The van der Waals surface area contributed by atoms with Crippen LogP contribution in [0.4, 0.5) is 5.69 Å². The van der Waals surface area contributed by atoms with Crippen LogP contribution >= 0.6 is 12.4 Å². The van der Waals surface area contributed by atoms with Gasteiger partial charge < -0.3 is 16.4 Å². The lowest BCUT2D eigenvalue weighted by Gasteiger charge is -2.12. The van der Waals surface area contributed by atoms with Crippen molar-refractivity contribution in [2.45, 2.75) is 39.3 Å². The average molecular weight is 376 g/mol. The highest BCUT2D eigenvalue weighted by Crippen LogP contribution is 2.16. The molecule has 0 fully saturated rings. The first kappa shape index (κ1) is 21.7. The van der Waals surface area contributed by atoms with Gasteiger partial charge in [-0.05, 0) is 38.0 Å². The van der Waals surface area contributed by atoms with Gasteiger partial charge in [0, 0.05) is 19.0 Å². The summed E-state index contributed by atoms with van der Waals surface area (Å²) in [5, 5.41) is 5.69. The number of aryl methyl sites for hydroxylation is 1. The van der Waals surface area contributed by atoms with Gasteiger partial charge in [0.25, 0.3) is 5.91 Å². The van der Waals surface area contributed by atoms with Gasteiger partial charge in [0.2, 0.25) is 5.91 Å². The SMILES string of the molecule is Cc1ccc(CNC(=O)c2ccccc2NC(=O)CCC(C)N)cc1.Cl. The molecule has 0 aromatic heterocycles. The Hall–Kier alpha value is -2.37. The maximum atomic E-state index is 12.5. The lowest BCUT2D eigenvalue weighted by atomic mass is 10.1. The van der Waals surface area contributed by atoms with E-state index in [1.807, 2.05) is 38.1 Å². The number of carbonyl (C=O) groups is 2. The molecule has 140 valence electrons. The Morgan fingerprint density at radius 1 is 1.08 bits per heavy atom. The minimum atomic E-state index is -0.219. The Bertz CT molecular complexity index is 730.